The van der Waals surface area contributed by atoms with Gasteiger partial charge in [-0.05, 0) is 62.1 Å². The zero-order valence-corrected chi connectivity index (χ0v) is 20.0. The second kappa shape index (κ2) is 10.5. The number of hydrogen-bond acceptors (Lipinski definition) is 4. The molecule has 0 aliphatic carbocycles. The number of halogens is 1. The van der Waals surface area contributed by atoms with Gasteiger partial charge in [0.15, 0.2) is 5.96 Å². The van der Waals surface area contributed by atoms with Crippen LogP contribution in [0.5, 0.6) is 0 Å². The lowest BCUT2D eigenvalue weighted by molar-refractivity contribution is 0.0507. The third-order valence-electron chi connectivity index (χ3n) is 4.37. The van der Waals surface area contributed by atoms with E-state index in [-0.39, 0.29) is 41.7 Å². The molecule has 1 fully saturated rings. The van der Waals surface area contributed by atoms with Gasteiger partial charge in [0.2, 0.25) is 0 Å². The second-order valence-corrected chi connectivity index (χ2v) is 8.45. The molecule has 0 aromatic rings. The number of nitrogens with one attached hydrogen (secondary N) is 2. The lowest BCUT2D eigenvalue weighted by Gasteiger charge is -2.32. The fraction of sp³-hybridized carbons (Fsp3) is 0.889. The Hall–Kier alpha value is -0.770. The number of amides is 1. The van der Waals surface area contributed by atoms with E-state index < -0.39 is 5.60 Å². The van der Waals surface area contributed by atoms with Crippen LogP contribution in [0.4, 0.5) is 4.79 Å². The SMILES string of the molecule is CCNC(=NCC(C)(C)N(C)C)N1CCC(NC(=O)OC(C)(C)C)C1.I. The van der Waals surface area contributed by atoms with Gasteiger partial charge in [-0.3, -0.25) is 4.99 Å². The van der Waals surface area contributed by atoms with Crippen molar-refractivity contribution in [2.45, 2.75) is 65.1 Å². The third kappa shape index (κ3) is 8.75. The maximum absolute atomic E-state index is 11.9. The normalized spacial score (nSPS) is 18.6. The number of likely N-dealkylation sites (N-methyl/N-ethyl adjacent to an activating group) is 1. The van der Waals surface area contributed by atoms with Gasteiger partial charge in [0.1, 0.15) is 5.60 Å². The average molecular weight is 483 g/mol. The number of nitrogens with zero attached hydrogens (tertiary/aromatic N) is 3. The zero-order valence-electron chi connectivity index (χ0n) is 17.7. The number of rotatable bonds is 5. The smallest absolute Gasteiger partial charge is 0.407 e. The quantitative estimate of drug-likeness (QED) is 0.358. The number of aliphatic imine (C=N–C) groups is 1. The van der Waals surface area contributed by atoms with Crippen molar-refractivity contribution < 1.29 is 9.53 Å². The first-order valence-electron chi connectivity index (χ1n) is 9.15. The third-order valence-corrected chi connectivity index (χ3v) is 4.37. The Morgan fingerprint density at radius 2 is 1.88 bits per heavy atom. The molecular formula is C18H38IN5O2. The molecule has 0 aromatic carbocycles. The van der Waals surface area contributed by atoms with E-state index in [4.69, 9.17) is 9.73 Å². The maximum atomic E-state index is 11.9. The van der Waals surface area contributed by atoms with Crippen LogP contribution < -0.4 is 10.6 Å². The Labute approximate surface area is 176 Å². The van der Waals surface area contributed by atoms with Crippen LogP contribution in [0.15, 0.2) is 4.99 Å². The Morgan fingerprint density at radius 1 is 1.27 bits per heavy atom. The van der Waals surface area contributed by atoms with Crippen molar-refractivity contribution >= 4 is 36.0 Å². The Bertz CT molecular complexity index is 475. The van der Waals surface area contributed by atoms with Crippen LogP contribution in [0.3, 0.4) is 0 Å². The summed E-state index contributed by atoms with van der Waals surface area (Å²) in [5, 5.41) is 6.32. The molecule has 1 rings (SSSR count). The summed E-state index contributed by atoms with van der Waals surface area (Å²) in [6, 6.07) is 0.0839. The highest BCUT2D eigenvalue weighted by atomic mass is 127. The average Bonchev–Trinajstić information content (AvgIpc) is 2.89. The molecule has 1 aliphatic rings. The highest BCUT2D eigenvalue weighted by Crippen LogP contribution is 2.14. The minimum Gasteiger partial charge on any atom is -0.444 e. The number of carbonyl (C=O) groups is 1. The zero-order chi connectivity index (χ0) is 19.3. The van der Waals surface area contributed by atoms with Crippen LogP contribution >= 0.6 is 24.0 Å². The van der Waals surface area contributed by atoms with Crippen LogP contribution in [0.2, 0.25) is 0 Å². The molecular weight excluding hydrogens is 445 g/mol. The summed E-state index contributed by atoms with van der Waals surface area (Å²) in [6.45, 7) is 15.2. The Balaban J connectivity index is 0.00000625. The van der Waals surface area contributed by atoms with Crippen molar-refractivity contribution in [2.75, 3.05) is 40.3 Å². The van der Waals surface area contributed by atoms with Crippen LogP contribution in [0, 0.1) is 0 Å². The number of hydrogen-bond donors (Lipinski definition) is 2. The van der Waals surface area contributed by atoms with Gasteiger partial charge in [0.25, 0.3) is 0 Å². The summed E-state index contributed by atoms with van der Waals surface area (Å²) in [5.74, 6) is 0.908. The molecule has 0 saturated carbocycles. The number of guanidine groups is 1. The lowest BCUT2D eigenvalue weighted by atomic mass is 10.1. The van der Waals surface area contributed by atoms with E-state index in [1.807, 2.05) is 20.8 Å². The van der Waals surface area contributed by atoms with Crippen LogP contribution in [-0.4, -0.2) is 79.3 Å². The fourth-order valence-corrected chi connectivity index (χ4v) is 2.38. The molecule has 1 saturated heterocycles. The van der Waals surface area contributed by atoms with E-state index >= 15 is 0 Å². The number of ether oxygens (including phenoxy) is 1. The minimum atomic E-state index is -0.476. The van der Waals surface area contributed by atoms with Gasteiger partial charge in [-0.1, -0.05) is 0 Å². The highest BCUT2D eigenvalue weighted by Gasteiger charge is 2.28. The molecule has 8 heteroatoms. The molecule has 7 nitrogen and oxygen atoms in total. The molecule has 0 radical (unpaired) electrons. The van der Waals surface area contributed by atoms with Crippen molar-refractivity contribution in [1.82, 2.24) is 20.4 Å². The second-order valence-electron chi connectivity index (χ2n) is 8.45. The Morgan fingerprint density at radius 3 is 2.38 bits per heavy atom. The van der Waals surface area contributed by atoms with Crippen molar-refractivity contribution in [3.8, 4) is 0 Å². The van der Waals surface area contributed by atoms with E-state index in [1.54, 1.807) is 0 Å². The number of alkyl carbamates (subject to hydrolysis) is 1. The van der Waals surface area contributed by atoms with E-state index in [0.717, 1.165) is 32.0 Å². The van der Waals surface area contributed by atoms with Crippen molar-refractivity contribution in [3.63, 3.8) is 0 Å². The van der Waals surface area contributed by atoms with Gasteiger partial charge in [-0.15, -0.1) is 24.0 Å². The van der Waals surface area contributed by atoms with Crippen molar-refractivity contribution in [3.05, 3.63) is 0 Å². The molecule has 1 atom stereocenters. The lowest BCUT2D eigenvalue weighted by Crippen LogP contribution is -2.46. The predicted molar refractivity (Wildman–Crippen MR) is 119 cm³/mol. The molecule has 1 aliphatic heterocycles. The summed E-state index contributed by atoms with van der Waals surface area (Å²) in [6.07, 6.45) is 0.538. The molecule has 26 heavy (non-hydrogen) atoms. The molecule has 0 spiro atoms. The maximum Gasteiger partial charge on any atom is 0.407 e. The van der Waals surface area contributed by atoms with Gasteiger partial charge in [0.05, 0.1) is 12.6 Å². The topological polar surface area (TPSA) is 69.2 Å². The first kappa shape index (κ1) is 25.2. The van der Waals surface area contributed by atoms with Crippen molar-refractivity contribution in [2.24, 2.45) is 4.99 Å². The largest absolute Gasteiger partial charge is 0.444 e. The van der Waals surface area contributed by atoms with Gasteiger partial charge in [-0.25, -0.2) is 4.79 Å². The number of likely N-dealkylation sites (tertiary alicyclic amines) is 1. The Kier molecular flexibility index (Phi) is 10.2. The van der Waals surface area contributed by atoms with Gasteiger partial charge in [0, 0.05) is 25.2 Å². The van der Waals surface area contributed by atoms with Gasteiger partial charge < -0.3 is 25.2 Å². The number of carbonyl (C=O) groups excluding carboxylic acids is 1. The fourth-order valence-electron chi connectivity index (χ4n) is 2.38. The summed E-state index contributed by atoms with van der Waals surface area (Å²) < 4.78 is 5.34. The first-order valence-corrected chi connectivity index (χ1v) is 9.15. The minimum absolute atomic E-state index is 0. The summed E-state index contributed by atoms with van der Waals surface area (Å²) >= 11 is 0. The predicted octanol–water partition coefficient (Wildman–Crippen LogP) is 2.51. The summed E-state index contributed by atoms with van der Waals surface area (Å²) in [4.78, 5) is 21.1. The van der Waals surface area contributed by atoms with E-state index in [0.29, 0.717) is 6.54 Å². The molecule has 154 valence electrons. The van der Waals surface area contributed by atoms with E-state index in [2.05, 4.69) is 55.3 Å². The van der Waals surface area contributed by atoms with Gasteiger partial charge >= 0.3 is 6.09 Å². The molecule has 1 unspecified atom stereocenters. The molecule has 0 aromatic heterocycles. The van der Waals surface area contributed by atoms with E-state index in [9.17, 15) is 4.79 Å². The molecule has 2 N–H and O–H groups in total. The van der Waals surface area contributed by atoms with Crippen LogP contribution in [0.1, 0.15) is 48.0 Å². The highest BCUT2D eigenvalue weighted by molar-refractivity contribution is 14.0. The molecule has 0 bridgehead atoms. The summed E-state index contributed by atoms with van der Waals surface area (Å²) in [7, 11) is 4.14. The standard InChI is InChI=1S/C18H37N5O2.HI/c1-9-19-15(20-13-18(5,6)22(7)8)23-11-10-14(12-23)21-16(24)25-17(2,3)4;/h14H,9-13H2,1-8H3,(H,19,20)(H,21,24);1H. The molecule has 1 heterocycles. The first-order chi connectivity index (χ1) is 11.4. The van der Waals surface area contributed by atoms with Crippen LogP contribution in [0.25, 0.3) is 0 Å². The van der Waals surface area contributed by atoms with Crippen LogP contribution in [-0.2, 0) is 4.74 Å². The van der Waals surface area contributed by atoms with Crippen molar-refractivity contribution in [1.29, 1.82) is 0 Å². The summed E-state index contributed by atoms with van der Waals surface area (Å²) in [5.41, 5.74) is -0.481. The monoisotopic (exact) mass is 483 g/mol. The van der Waals surface area contributed by atoms with E-state index in [1.165, 1.54) is 0 Å². The molecule has 1 amide bonds. The van der Waals surface area contributed by atoms with Gasteiger partial charge in [-0.2, -0.15) is 0 Å².